The Kier molecular flexibility index (Phi) is 6.97. The lowest BCUT2D eigenvalue weighted by atomic mass is 10.2. The van der Waals surface area contributed by atoms with Gasteiger partial charge in [-0.15, -0.1) is 0 Å². The normalized spacial score (nSPS) is 11.0. The Morgan fingerprint density at radius 2 is 2.24 bits per heavy atom. The van der Waals surface area contributed by atoms with E-state index in [0.717, 1.165) is 29.7 Å². The molecule has 0 aliphatic carbocycles. The molecule has 1 aromatic carbocycles. The van der Waals surface area contributed by atoms with Crippen LogP contribution in [0.1, 0.15) is 25.8 Å². The number of halogens is 1. The fraction of sp³-hybridized carbons (Fsp3) is 0.429. The topological polar surface area (TPSA) is 21.3 Å². The summed E-state index contributed by atoms with van der Waals surface area (Å²) < 4.78 is 6.80. The van der Waals surface area contributed by atoms with Crippen molar-refractivity contribution >= 4 is 15.9 Å². The van der Waals surface area contributed by atoms with Crippen molar-refractivity contribution in [3.05, 3.63) is 40.4 Å². The van der Waals surface area contributed by atoms with Gasteiger partial charge < -0.3 is 10.1 Å². The summed E-state index contributed by atoms with van der Waals surface area (Å²) in [6.45, 7) is 6.66. The van der Waals surface area contributed by atoms with Crippen LogP contribution in [0.5, 0.6) is 5.75 Å². The average Bonchev–Trinajstić information content (AvgIpc) is 2.32. The van der Waals surface area contributed by atoms with Crippen molar-refractivity contribution < 1.29 is 4.74 Å². The molecule has 0 saturated carbocycles. The summed E-state index contributed by atoms with van der Waals surface area (Å²) in [6.07, 6.45) is 5.14. The van der Waals surface area contributed by atoms with Gasteiger partial charge in [0, 0.05) is 16.6 Å². The molecule has 1 aromatic rings. The Labute approximate surface area is 112 Å². The first kappa shape index (κ1) is 14.3. The standard InChI is InChI=1S/C14H20BrNO/c1-3-5-9-17-14-7-6-13(15)10-12(14)11-16-8-4-2/h3,5-7,10,16H,4,8-9,11H2,1-2H3/b5-3+. The molecule has 2 nitrogen and oxygen atoms in total. The predicted molar refractivity (Wildman–Crippen MR) is 76.4 cm³/mol. The van der Waals surface area contributed by atoms with E-state index in [4.69, 9.17) is 4.74 Å². The molecule has 0 aliphatic rings. The van der Waals surface area contributed by atoms with Crippen molar-refractivity contribution in [3.8, 4) is 5.75 Å². The molecule has 0 bridgehead atoms. The lowest BCUT2D eigenvalue weighted by molar-refractivity contribution is 0.357. The quantitative estimate of drug-likeness (QED) is 0.609. The fourth-order valence-corrected chi connectivity index (χ4v) is 1.87. The molecule has 17 heavy (non-hydrogen) atoms. The molecule has 0 atom stereocenters. The molecule has 0 fully saturated rings. The monoisotopic (exact) mass is 297 g/mol. The second kappa shape index (κ2) is 8.31. The van der Waals surface area contributed by atoms with Crippen LogP contribution >= 0.6 is 15.9 Å². The van der Waals surface area contributed by atoms with Gasteiger partial charge in [0.05, 0.1) is 0 Å². The second-order valence-corrected chi connectivity index (χ2v) is 4.72. The molecule has 94 valence electrons. The van der Waals surface area contributed by atoms with Gasteiger partial charge in [-0.2, -0.15) is 0 Å². The van der Waals surface area contributed by atoms with Gasteiger partial charge in [-0.25, -0.2) is 0 Å². The first-order valence-corrected chi connectivity index (χ1v) is 6.80. The van der Waals surface area contributed by atoms with E-state index in [1.165, 1.54) is 5.56 Å². The van der Waals surface area contributed by atoms with Crippen LogP contribution in [-0.2, 0) is 6.54 Å². The molecule has 1 N–H and O–H groups in total. The summed E-state index contributed by atoms with van der Waals surface area (Å²) >= 11 is 3.49. The lowest BCUT2D eigenvalue weighted by Crippen LogP contribution is -2.14. The van der Waals surface area contributed by atoms with Crippen LogP contribution in [0.4, 0.5) is 0 Å². The van der Waals surface area contributed by atoms with E-state index in [1.807, 2.05) is 31.2 Å². The van der Waals surface area contributed by atoms with Crippen LogP contribution in [0.25, 0.3) is 0 Å². The van der Waals surface area contributed by atoms with Crippen molar-refractivity contribution in [2.75, 3.05) is 13.2 Å². The van der Waals surface area contributed by atoms with E-state index in [9.17, 15) is 0 Å². The van der Waals surface area contributed by atoms with Gasteiger partial charge in [0.25, 0.3) is 0 Å². The Hall–Kier alpha value is -0.800. The van der Waals surface area contributed by atoms with Gasteiger partial charge in [-0.1, -0.05) is 35.0 Å². The SMILES string of the molecule is C/C=C/COc1ccc(Br)cc1CNCCC. The maximum Gasteiger partial charge on any atom is 0.124 e. The van der Waals surface area contributed by atoms with E-state index in [2.05, 4.69) is 34.2 Å². The summed E-state index contributed by atoms with van der Waals surface area (Å²) in [5.41, 5.74) is 1.19. The van der Waals surface area contributed by atoms with Gasteiger partial charge in [-0.05, 0) is 38.1 Å². The largest absolute Gasteiger partial charge is 0.489 e. The number of hydrogen-bond donors (Lipinski definition) is 1. The van der Waals surface area contributed by atoms with Crippen LogP contribution in [0.2, 0.25) is 0 Å². The van der Waals surface area contributed by atoms with E-state index < -0.39 is 0 Å². The zero-order valence-electron chi connectivity index (χ0n) is 10.5. The van der Waals surface area contributed by atoms with Gasteiger partial charge >= 0.3 is 0 Å². The van der Waals surface area contributed by atoms with Crippen molar-refractivity contribution in [2.45, 2.75) is 26.8 Å². The molecule has 0 heterocycles. The van der Waals surface area contributed by atoms with E-state index in [-0.39, 0.29) is 0 Å². The highest BCUT2D eigenvalue weighted by atomic mass is 79.9. The Balaban J connectivity index is 2.65. The predicted octanol–water partition coefficient (Wildman–Crippen LogP) is 3.90. The maximum atomic E-state index is 5.72. The number of hydrogen-bond acceptors (Lipinski definition) is 2. The highest BCUT2D eigenvalue weighted by Crippen LogP contribution is 2.23. The molecular formula is C14H20BrNO. The minimum absolute atomic E-state index is 0.624. The molecular weight excluding hydrogens is 278 g/mol. The summed E-state index contributed by atoms with van der Waals surface area (Å²) in [5, 5.41) is 3.39. The molecule has 0 unspecified atom stereocenters. The molecule has 0 aliphatic heterocycles. The van der Waals surface area contributed by atoms with Gasteiger partial charge in [0.15, 0.2) is 0 Å². The second-order valence-electron chi connectivity index (χ2n) is 3.81. The Morgan fingerprint density at radius 3 is 2.94 bits per heavy atom. The summed E-state index contributed by atoms with van der Waals surface area (Å²) in [7, 11) is 0. The average molecular weight is 298 g/mol. The number of rotatable bonds is 7. The first-order valence-electron chi connectivity index (χ1n) is 6.01. The van der Waals surface area contributed by atoms with Crippen LogP contribution in [0, 0.1) is 0 Å². The first-order chi connectivity index (χ1) is 8.27. The summed E-state index contributed by atoms with van der Waals surface area (Å²) in [5.74, 6) is 0.954. The molecule has 0 spiro atoms. The van der Waals surface area contributed by atoms with Crippen LogP contribution < -0.4 is 10.1 Å². The molecule has 3 heteroatoms. The molecule has 0 aromatic heterocycles. The third-order valence-electron chi connectivity index (χ3n) is 2.34. The lowest BCUT2D eigenvalue weighted by Gasteiger charge is -2.11. The minimum atomic E-state index is 0.624. The zero-order valence-corrected chi connectivity index (χ0v) is 12.1. The molecule has 0 saturated heterocycles. The fourth-order valence-electron chi connectivity index (χ4n) is 1.46. The highest BCUT2D eigenvalue weighted by Gasteiger charge is 2.03. The van der Waals surface area contributed by atoms with Crippen molar-refractivity contribution in [2.24, 2.45) is 0 Å². The highest BCUT2D eigenvalue weighted by molar-refractivity contribution is 9.10. The van der Waals surface area contributed by atoms with Gasteiger partial charge in [-0.3, -0.25) is 0 Å². The third-order valence-corrected chi connectivity index (χ3v) is 2.83. The number of allylic oxidation sites excluding steroid dienone is 1. The Morgan fingerprint density at radius 1 is 1.41 bits per heavy atom. The summed E-state index contributed by atoms with van der Waals surface area (Å²) in [4.78, 5) is 0. The number of nitrogens with one attached hydrogen (secondary N) is 1. The van der Waals surface area contributed by atoms with E-state index >= 15 is 0 Å². The van der Waals surface area contributed by atoms with E-state index in [0.29, 0.717) is 6.61 Å². The number of ether oxygens (including phenoxy) is 1. The smallest absolute Gasteiger partial charge is 0.124 e. The zero-order chi connectivity index (χ0) is 12.5. The molecule has 1 rings (SSSR count). The van der Waals surface area contributed by atoms with Gasteiger partial charge in [0.2, 0.25) is 0 Å². The van der Waals surface area contributed by atoms with Crippen molar-refractivity contribution in [1.29, 1.82) is 0 Å². The van der Waals surface area contributed by atoms with Crippen LogP contribution in [0.3, 0.4) is 0 Å². The van der Waals surface area contributed by atoms with Gasteiger partial charge in [0.1, 0.15) is 12.4 Å². The van der Waals surface area contributed by atoms with Crippen molar-refractivity contribution in [1.82, 2.24) is 5.32 Å². The molecule has 0 amide bonds. The van der Waals surface area contributed by atoms with E-state index in [1.54, 1.807) is 0 Å². The number of benzene rings is 1. The third kappa shape index (κ3) is 5.37. The maximum absolute atomic E-state index is 5.72. The molecule has 0 radical (unpaired) electrons. The Bertz CT molecular complexity index is 363. The summed E-state index contributed by atoms with van der Waals surface area (Å²) in [6, 6.07) is 6.12. The minimum Gasteiger partial charge on any atom is -0.489 e. The van der Waals surface area contributed by atoms with Crippen molar-refractivity contribution in [3.63, 3.8) is 0 Å². The van der Waals surface area contributed by atoms with Crippen LogP contribution in [-0.4, -0.2) is 13.2 Å². The van der Waals surface area contributed by atoms with Crippen LogP contribution in [0.15, 0.2) is 34.8 Å².